The van der Waals surface area contributed by atoms with Crippen LogP contribution in [0, 0.1) is 5.82 Å². The number of halogens is 2. The van der Waals surface area contributed by atoms with Gasteiger partial charge in [0, 0.05) is 31.7 Å². The fraction of sp³-hybridized carbons (Fsp3) is 0.286. The highest BCUT2D eigenvalue weighted by molar-refractivity contribution is 6.31. The van der Waals surface area contributed by atoms with E-state index in [0.717, 1.165) is 11.0 Å². The van der Waals surface area contributed by atoms with E-state index in [2.05, 4.69) is 0 Å². The fourth-order valence-corrected chi connectivity index (χ4v) is 3.97. The van der Waals surface area contributed by atoms with Gasteiger partial charge in [0.1, 0.15) is 5.82 Å². The Morgan fingerprint density at radius 2 is 1.69 bits per heavy atom. The van der Waals surface area contributed by atoms with Gasteiger partial charge in [-0.1, -0.05) is 29.8 Å². The topological polar surface area (TPSA) is 60.9 Å². The molecule has 8 heteroatoms. The summed E-state index contributed by atoms with van der Waals surface area (Å²) < 4.78 is 13.4. The maximum atomic E-state index is 13.4. The first-order valence-electron chi connectivity index (χ1n) is 9.36. The summed E-state index contributed by atoms with van der Waals surface area (Å²) in [5.74, 6) is -1.34. The minimum absolute atomic E-state index is 0.0401. The van der Waals surface area contributed by atoms with Crippen molar-refractivity contribution in [3.8, 4) is 0 Å². The first kappa shape index (κ1) is 19.5. The summed E-state index contributed by atoms with van der Waals surface area (Å²) in [5.41, 5.74) is 0.902. The van der Waals surface area contributed by atoms with Crippen LogP contribution in [0.5, 0.6) is 0 Å². The van der Waals surface area contributed by atoms with Gasteiger partial charge in [0.2, 0.25) is 5.91 Å². The van der Waals surface area contributed by atoms with Crippen LogP contribution in [0.15, 0.2) is 48.5 Å². The summed E-state index contributed by atoms with van der Waals surface area (Å²) >= 11 is 5.80. The van der Waals surface area contributed by atoms with E-state index in [1.54, 1.807) is 17.0 Å². The molecule has 0 aromatic heterocycles. The van der Waals surface area contributed by atoms with Crippen molar-refractivity contribution in [1.82, 2.24) is 9.80 Å². The average molecular weight is 416 g/mol. The molecule has 3 amide bonds. The van der Waals surface area contributed by atoms with Crippen LogP contribution in [0.3, 0.4) is 0 Å². The van der Waals surface area contributed by atoms with E-state index in [1.165, 1.54) is 12.1 Å². The first-order chi connectivity index (χ1) is 14.0. The third-order valence-corrected chi connectivity index (χ3v) is 5.64. The Balaban J connectivity index is 1.42. The van der Waals surface area contributed by atoms with E-state index in [9.17, 15) is 18.8 Å². The second-order valence-corrected chi connectivity index (χ2v) is 7.49. The molecular formula is C21H19ClFN3O3. The van der Waals surface area contributed by atoms with Crippen molar-refractivity contribution >= 4 is 35.0 Å². The van der Waals surface area contributed by atoms with Gasteiger partial charge in [0.25, 0.3) is 11.8 Å². The van der Waals surface area contributed by atoms with E-state index < -0.39 is 11.9 Å². The minimum atomic E-state index is -0.606. The van der Waals surface area contributed by atoms with Crippen molar-refractivity contribution in [3.63, 3.8) is 0 Å². The molecule has 2 aliphatic rings. The standard InChI is InChI=1S/C21H19ClFN3O3/c22-16-12-15(6-7-17(16)23)26-19(27)13-18(21(26)29)24-8-10-25(11-9-24)20(28)14-4-2-1-3-5-14/h1-7,12,18H,8-11,13H2/t18-/m0/s1. The molecule has 150 valence electrons. The quantitative estimate of drug-likeness (QED) is 0.723. The van der Waals surface area contributed by atoms with Crippen LogP contribution in [0.2, 0.25) is 5.02 Å². The average Bonchev–Trinajstić information content (AvgIpc) is 3.04. The van der Waals surface area contributed by atoms with E-state index in [0.29, 0.717) is 31.7 Å². The van der Waals surface area contributed by atoms with Crippen LogP contribution in [0.25, 0.3) is 0 Å². The van der Waals surface area contributed by atoms with Gasteiger partial charge >= 0.3 is 0 Å². The number of anilines is 1. The van der Waals surface area contributed by atoms with E-state index in [1.807, 2.05) is 23.1 Å². The van der Waals surface area contributed by atoms with Gasteiger partial charge in [-0.2, -0.15) is 0 Å². The normalized spacial score (nSPS) is 20.4. The van der Waals surface area contributed by atoms with Crippen LogP contribution in [-0.2, 0) is 9.59 Å². The SMILES string of the molecule is O=C(c1ccccc1)N1CCN([C@H]2CC(=O)N(c3ccc(F)c(Cl)c3)C2=O)CC1. The van der Waals surface area contributed by atoms with Crippen molar-refractivity contribution in [3.05, 3.63) is 64.9 Å². The second kappa shape index (κ2) is 7.93. The van der Waals surface area contributed by atoms with E-state index in [4.69, 9.17) is 11.6 Å². The summed E-state index contributed by atoms with van der Waals surface area (Å²) in [6.45, 7) is 1.96. The third kappa shape index (κ3) is 3.75. The van der Waals surface area contributed by atoms with Crippen LogP contribution in [0.1, 0.15) is 16.8 Å². The Bertz CT molecular complexity index is 961. The third-order valence-electron chi connectivity index (χ3n) is 5.35. The molecule has 0 N–H and O–H groups in total. The minimum Gasteiger partial charge on any atom is -0.336 e. The molecule has 0 saturated carbocycles. The molecule has 2 aromatic rings. The van der Waals surface area contributed by atoms with Crippen molar-refractivity contribution in [1.29, 1.82) is 0 Å². The summed E-state index contributed by atoms with van der Waals surface area (Å²) in [6.07, 6.45) is 0.0560. The molecule has 2 fully saturated rings. The van der Waals surface area contributed by atoms with Gasteiger partial charge in [-0.25, -0.2) is 9.29 Å². The molecule has 0 radical (unpaired) electrons. The highest BCUT2D eigenvalue weighted by Crippen LogP contribution is 2.29. The predicted molar refractivity (Wildman–Crippen MR) is 106 cm³/mol. The van der Waals surface area contributed by atoms with E-state index >= 15 is 0 Å². The van der Waals surface area contributed by atoms with Crippen molar-refractivity contribution in [2.75, 3.05) is 31.1 Å². The number of imide groups is 1. The predicted octanol–water partition coefficient (Wildman–Crippen LogP) is 2.57. The molecule has 0 unspecified atom stereocenters. The molecule has 6 nitrogen and oxygen atoms in total. The maximum absolute atomic E-state index is 13.4. The lowest BCUT2D eigenvalue weighted by Crippen LogP contribution is -2.53. The highest BCUT2D eigenvalue weighted by atomic mass is 35.5. The Morgan fingerprint density at radius 1 is 1.00 bits per heavy atom. The van der Waals surface area contributed by atoms with Gasteiger partial charge in [0.15, 0.2) is 0 Å². The Labute approximate surface area is 172 Å². The molecule has 4 rings (SSSR count). The first-order valence-corrected chi connectivity index (χ1v) is 9.74. The molecule has 1 atom stereocenters. The molecule has 2 aromatic carbocycles. The molecule has 0 aliphatic carbocycles. The number of piperazine rings is 1. The molecule has 29 heavy (non-hydrogen) atoms. The maximum Gasteiger partial charge on any atom is 0.253 e. The summed E-state index contributed by atoms with van der Waals surface area (Å²) in [4.78, 5) is 42.7. The number of hydrogen-bond donors (Lipinski definition) is 0. The highest BCUT2D eigenvalue weighted by Gasteiger charge is 2.43. The number of hydrogen-bond acceptors (Lipinski definition) is 4. The number of nitrogens with zero attached hydrogens (tertiary/aromatic N) is 3. The van der Waals surface area contributed by atoms with Crippen LogP contribution in [-0.4, -0.2) is 59.7 Å². The molecule has 0 bridgehead atoms. The molecule has 2 saturated heterocycles. The Hall–Kier alpha value is -2.77. The van der Waals surface area contributed by atoms with Crippen molar-refractivity contribution < 1.29 is 18.8 Å². The van der Waals surface area contributed by atoms with Gasteiger partial charge in [-0.05, 0) is 30.3 Å². The number of amides is 3. The molecule has 2 aliphatic heterocycles. The smallest absolute Gasteiger partial charge is 0.253 e. The zero-order valence-electron chi connectivity index (χ0n) is 15.6. The fourth-order valence-electron chi connectivity index (χ4n) is 3.80. The lowest BCUT2D eigenvalue weighted by atomic mass is 10.1. The number of rotatable bonds is 3. The largest absolute Gasteiger partial charge is 0.336 e. The second-order valence-electron chi connectivity index (χ2n) is 7.08. The summed E-state index contributed by atoms with van der Waals surface area (Å²) in [5, 5.41) is -0.139. The summed E-state index contributed by atoms with van der Waals surface area (Å²) in [6, 6.07) is 12.3. The zero-order valence-corrected chi connectivity index (χ0v) is 16.3. The molecule has 0 spiro atoms. The molecule has 2 heterocycles. The van der Waals surface area contributed by atoms with Crippen molar-refractivity contribution in [2.24, 2.45) is 0 Å². The summed E-state index contributed by atoms with van der Waals surface area (Å²) in [7, 11) is 0. The number of benzene rings is 2. The zero-order chi connectivity index (χ0) is 20.5. The lowest BCUT2D eigenvalue weighted by Gasteiger charge is -2.37. The van der Waals surface area contributed by atoms with Crippen LogP contribution < -0.4 is 4.90 Å². The van der Waals surface area contributed by atoms with Crippen LogP contribution >= 0.6 is 11.6 Å². The molecular weight excluding hydrogens is 397 g/mol. The lowest BCUT2D eigenvalue weighted by molar-refractivity contribution is -0.123. The number of carbonyl (C=O) groups is 3. The van der Waals surface area contributed by atoms with E-state index in [-0.39, 0.29) is 34.9 Å². The Morgan fingerprint density at radius 3 is 2.34 bits per heavy atom. The van der Waals surface area contributed by atoms with Gasteiger partial charge in [-0.15, -0.1) is 0 Å². The number of carbonyl (C=O) groups excluding carboxylic acids is 3. The van der Waals surface area contributed by atoms with Crippen molar-refractivity contribution in [2.45, 2.75) is 12.5 Å². The van der Waals surface area contributed by atoms with Gasteiger partial charge in [0.05, 0.1) is 23.2 Å². The van der Waals surface area contributed by atoms with Gasteiger partial charge < -0.3 is 4.90 Å². The van der Waals surface area contributed by atoms with Crippen LogP contribution in [0.4, 0.5) is 10.1 Å². The van der Waals surface area contributed by atoms with Gasteiger partial charge in [-0.3, -0.25) is 19.3 Å². The monoisotopic (exact) mass is 415 g/mol. The Kier molecular flexibility index (Phi) is 5.34.